The first kappa shape index (κ1) is 29.9. The predicted molar refractivity (Wildman–Crippen MR) is 148 cm³/mol. The molecule has 0 N–H and O–H groups in total. The molecule has 38 heavy (non-hydrogen) atoms. The monoisotopic (exact) mass is 529 g/mol. The van der Waals surface area contributed by atoms with E-state index in [0.717, 1.165) is 34.7 Å². The molecule has 0 fully saturated rings. The second-order valence-electron chi connectivity index (χ2n) is 10.9. The standard InChI is InChI=1S/C31H44FNO5/c1-20(2)30-28-10-9-25(32)15-23(28)11-12-31(30,38-29(34)19-35-6)13-14-33(5)22(4)21(3)24-16-26(36-7)18-27(17-24)37-8/h9-10,15-18,20-22,30H,11-14,19H2,1-8H3/t21?,22?,30-,31-/m0/s1. The van der Waals surface area contributed by atoms with Crippen LogP contribution in [0.25, 0.3) is 0 Å². The topological polar surface area (TPSA) is 57.2 Å². The quantitative estimate of drug-likeness (QED) is 0.316. The Labute approximate surface area is 227 Å². The minimum absolute atomic E-state index is 0.0450. The maximum Gasteiger partial charge on any atom is 0.332 e. The van der Waals surface area contributed by atoms with E-state index in [4.69, 9.17) is 18.9 Å². The number of aryl methyl sites for hydroxylation is 1. The zero-order chi connectivity index (χ0) is 28.0. The largest absolute Gasteiger partial charge is 0.497 e. The summed E-state index contributed by atoms with van der Waals surface area (Å²) < 4.78 is 36.4. The van der Waals surface area contributed by atoms with Crippen LogP contribution in [0.5, 0.6) is 11.5 Å². The Kier molecular flexibility index (Phi) is 10.2. The van der Waals surface area contributed by atoms with Crippen molar-refractivity contribution < 1.29 is 28.1 Å². The Morgan fingerprint density at radius 2 is 1.71 bits per heavy atom. The number of carbonyl (C=O) groups is 1. The minimum atomic E-state index is -0.703. The fourth-order valence-electron chi connectivity index (χ4n) is 5.99. The van der Waals surface area contributed by atoms with Gasteiger partial charge in [0.15, 0.2) is 0 Å². The number of ether oxygens (including phenoxy) is 4. The van der Waals surface area contributed by atoms with E-state index in [2.05, 4.69) is 51.8 Å². The lowest BCUT2D eigenvalue weighted by Crippen LogP contribution is -2.49. The van der Waals surface area contributed by atoms with Crippen LogP contribution in [0.3, 0.4) is 0 Å². The lowest BCUT2D eigenvalue weighted by Gasteiger charge is -2.47. The molecule has 6 nitrogen and oxygen atoms in total. The maximum atomic E-state index is 14.1. The van der Waals surface area contributed by atoms with Crippen LogP contribution in [0.1, 0.15) is 69.1 Å². The molecule has 0 saturated heterocycles. The van der Waals surface area contributed by atoms with E-state index in [1.165, 1.54) is 13.2 Å². The van der Waals surface area contributed by atoms with Gasteiger partial charge in [-0.2, -0.15) is 0 Å². The third-order valence-electron chi connectivity index (χ3n) is 8.28. The van der Waals surface area contributed by atoms with Gasteiger partial charge >= 0.3 is 5.97 Å². The Balaban J connectivity index is 1.87. The first-order valence-corrected chi connectivity index (χ1v) is 13.5. The summed E-state index contributed by atoms with van der Waals surface area (Å²) in [6, 6.07) is 11.2. The van der Waals surface area contributed by atoms with Gasteiger partial charge in [-0.15, -0.1) is 0 Å². The maximum absolute atomic E-state index is 14.1. The van der Waals surface area contributed by atoms with E-state index in [1.807, 2.05) is 12.1 Å². The number of likely N-dealkylation sites (N-methyl/N-ethyl adjacent to an activating group) is 1. The molecule has 0 saturated carbocycles. The summed E-state index contributed by atoms with van der Waals surface area (Å²) in [4.78, 5) is 15.1. The van der Waals surface area contributed by atoms with E-state index < -0.39 is 5.60 Å². The number of hydrogen-bond acceptors (Lipinski definition) is 6. The predicted octanol–water partition coefficient (Wildman–Crippen LogP) is 5.97. The number of fused-ring (bicyclic) bond motifs is 1. The Hall–Kier alpha value is -2.64. The minimum Gasteiger partial charge on any atom is -0.497 e. The number of hydrogen-bond donors (Lipinski definition) is 0. The van der Waals surface area contributed by atoms with Crippen LogP contribution in [0.2, 0.25) is 0 Å². The second-order valence-corrected chi connectivity index (χ2v) is 10.9. The fourth-order valence-corrected chi connectivity index (χ4v) is 5.99. The molecule has 2 unspecified atom stereocenters. The Morgan fingerprint density at radius 3 is 2.29 bits per heavy atom. The number of carbonyl (C=O) groups excluding carboxylic acids is 1. The van der Waals surface area contributed by atoms with Crippen LogP contribution >= 0.6 is 0 Å². The summed E-state index contributed by atoms with van der Waals surface area (Å²) in [5, 5.41) is 0. The average molecular weight is 530 g/mol. The molecule has 0 amide bonds. The molecule has 7 heteroatoms. The molecule has 210 valence electrons. The number of esters is 1. The molecular weight excluding hydrogens is 485 g/mol. The van der Waals surface area contributed by atoms with Crippen molar-refractivity contribution in [2.75, 3.05) is 41.5 Å². The first-order chi connectivity index (χ1) is 18.0. The number of benzene rings is 2. The molecule has 0 radical (unpaired) electrons. The third-order valence-corrected chi connectivity index (χ3v) is 8.28. The summed E-state index contributed by atoms with van der Waals surface area (Å²) in [7, 11) is 6.92. The van der Waals surface area contributed by atoms with Gasteiger partial charge in [0.05, 0.1) is 14.2 Å². The highest BCUT2D eigenvalue weighted by Crippen LogP contribution is 2.48. The highest BCUT2D eigenvalue weighted by molar-refractivity contribution is 5.71. The molecule has 4 atom stereocenters. The van der Waals surface area contributed by atoms with Crippen molar-refractivity contribution >= 4 is 5.97 Å². The van der Waals surface area contributed by atoms with E-state index in [0.29, 0.717) is 19.3 Å². The van der Waals surface area contributed by atoms with Gasteiger partial charge < -0.3 is 23.8 Å². The fraction of sp³-hybridized carbons (Fsp3) is 0.581. The smallest absolute Gasteiger partial charge is 0.332 e. The second kappa shape index (κ2) is 12.9. The van der Waals surface area contributed by atoms with Gasteiger partial charge in [-0.1, -0.05) is 26.8 Å². The molecule has 0 aromatic heterocycles. The van der Waals surface area contributed by atoms with Crippen molar-refractivity contribution in [2.24, 2.45) is 5.92 Å². The summed E-state index contributed by atoms with van der Waals surface area (Å²) in [6.45, 7) is 9.33. The summed E-state index contributed by atoms with van der Waals surface area (Å²) >= 11 is 0. The molecule has 3 rings (SSSR count). The summed E-state index contributed by atoms with van der Waals surface area (Å²) in [5.74, 6) is 1.29. The molecule has 0 heterocycles. The van der Waals surface area contributed by atoms with Crippen molar-refractivity contribution in [3.63, 3.8) is 0 Å². The highest BCUT2D eigenvalue weighted by atomic mass is 19.1. The van der Waals surface area contributed by atoms with Crippen LogP contribution in [0.4, 0.5) is 4.39 Å². The van der Waals surface area contributed by atoms with Crippen molar-refractivity contribution in [3.8, 4) is 11.5 Å². The van der Waals surface area contributed by atoms with Gasteiger partial charge in [-0.3, -0.25) is 0 Å². The van der Waals surface area contributed by atoms with Crippen molar-refractivity contribution in [2.45, 2.75) is 70.4 Å². The zero-order valence-corrected chi connectivity index (χ0v) is 24.2. The lowest BCUT2D eigenvalue weighted by atomic mass is 9.65. The van der Waals surface area contributed by atoms with E-state index in [9.17, 15) is 9.18 Å². The van der Waals surface area contributed by atoms with E-state index in [-0.39, 0.29) is 42.2 Å². The van der Waals surface area contributed by atoms with Gasteiger partial charge in [0.1, 0.15) is 29.5 Å². The molecule has 2 aromatic carbocycles. The third kappa shape index (κ3) is 6.67. The molecule has 0 aliphatic heterocycles. The van der Waals surface area contributed by atoms with Crippen LogP contribution in [0, 0.1) is 11.7 Å². The van der Waals surface area contributed by atoms with Crippen LogP contribution < -0.4 is 9.47 Å². The molecule has 1 aliphatic rings. The van der Waals surface area contributed by atoms with Gasteiger partial charge in [-0.25, -0.2) is 9.18 Å². The molecule has 2 aromatic rings. The number of methoxy groups -OCH3 is 3. The number of halogens is 1. The highest BCUT2D eigenvalue weighted by Gasteiger charge is 2.48. The molecule has 1 aliphatic carbocycles. The van der Waals surface area contributed by atoms with Gasteiger partial charge in [-0.05, 0) is 79.6 Å². The SMILES string of the molecule is COCC(=O)O[C@]1(CCN(C)C(C)C(C)c2cc(OC)cc(OC)c2)CCc2cc(F)ccc2[C@@H]1C(C)C. The number of rotatable bonds is 12. The van der Waals surface area contributed by atoms with Crippen molar-refractivity contribution in [1.82, 2.24) is 4.90 Å². The number of nitrogens with zero attached hydrogens (tertiary/aromatic N) is 1. The van der Waals surface area contributed by atoms with Crippen molar-refractivity contribution in [3.05, 3.63) is 58.9 Å². The zero-order valence-electron chi connectivity index (χ0n) is 24.2. The molecular formula is C31H44FNO5. The first-order valence-electron chi connectivity index (χ1n) is 13.5. The molecule has 0 spiro atoms. The van der Waals surface area contributed by atoms with Gasteiger partial charge in [0.25, 0.3) is 0 Å². The Morgan fingerprint density at radius 1 is 1.05 bits per heavy atom. The summed E-state index contributed by atoms with van der Waals surface area (Å²) in [5.41, 5.74) is 2.51. The lowest BCUT2D eigenvalue weighted by molar-refractivity contribution is -0.172. The van der Waals surface area contributed by atoms with Crippen LogP contribution in [0.15, 0.2) is 36.4 Å². The van der Waals surface area contributed by atoms with Crippen LogP contribution in [-0.4, -0.2) is 64.0 Å². The van der Waals surface area contributed by atoms with Gasteiger partial charge in [0.2, 0.25) is 0 Å². The van der Waals surface area contributed by atoms with E-state index >= 15 is 0 Å². The summed E-state index contributed by atoms with van der Waals surface area (Å²) in [6.07, 6.45) is 1.97. The van der Waals surface area contributed by atoms with Crippen molar-refractivity contribution in [1.29, 1.82) is 0 Å². The molecule has 0 bridgehead atoms. The normalized spacial score (nSPS) is 20.7. The van der Waals surface area contributed by atoms with E-state index in [1.54, 1.807) is 20.3 Å². The average Bonchev–Trinajstić information content (AvgIpc) is 2.90. The van der Waals surface area contributed by atoms with Gasteiger partial charge in [0, 0.05) is 38.1 Å². The van der Waals surface area contributed by atoms with Crippen LogP contribution in [-0.2, 0) is 20.7 Å². The Bertz CT molecular complexity index is 1070.